The van der Waals surface area contributed by atoms with Crippen LogP contribution >= 0.6 is 0 Å². The van der Waals surface area contributed by atoms with E-state index in [2.05, 4.69) is 25.0 Å². The topological polar surface area (TPSA) is 97.4 Å². The third-order valence-electron chi connectivity index (χ3n) is 3.74. The molecule has 1 N–H and O–H groups in total. The van der Waals surface area contributed by atoms with Gasteiger partial charge in [-0.25, -0.2) is 0 Å². The van der Waals surface area contributed by atoms with Crippen molar-refractivity contribution in [3.05, 3.63) is 24.1 Å². The minimum absolute atomic E-state index is 0.0358. The zero-order valence-corrected chi connectivity index (χ0v) is 13.3. The van der Waals surface area contributed by atoms with Gasteiger partial charge >= 0.3 is 0 Å². The van der Waals surface area contributed by atoms with Crippen LogP contribution in [0.4, 0.5) is 5.82 Å². The molecule has 1 aliphatic heterocycles. The Morgan fingerprint density at radius 1 is 1.39 bits per heavy atom. The Balaban J connectivity index is 1.80. The Hall–Kier alpha value is -2.22. The second kappa shape index (κ2) is 6.91. The molecular weight excluding hydrogens is 298 g/mol. The van der Waals surface area contributed by atoms with Crippen LogP contribution in [0.15, 0.2) is 16.9 Å². The van der Waals surface area contributed by atoms with E-state index in [4.69, 9.17) is 14.4 Å². The summed E-state index contributed by atoms with van der Waals surface area (Å²) >= 11 is 0. The first-order valence-electron chi connectivity index (χ1n) is 7.85. The Bertz CT molecular complexity index is 646. The fourth-order valence-corrected chi connectivity index (χ4v) is 2.62. The van der Waals surface area contributed by atoms with E-state index >= 15 is 0 Å². The summed E-state index contributed by atoms with van der Waals surface area (Å²) in [6, 6.07) is 0.0358. The molecule has 8 nitrogen and oxygen atoms in total. The highest BCUT2D eigenvalue weighted by atomic mass is 16.5. The van der Waals surface area contributed by atoms with Crippen molar-refractivity contribution in [3.63, 3.8) is 0 Å². The molecule has 0 saturated carbocycles. The normalized spacial score (nSPS) is 17.9. The number of rotatable bonds is 6. The van der Waals surface area contributed by atoms with Crippen molar-refractivity contribution in [2.45, 2.75) is 38.6 Å². The van der Waals surface area contributed by atoms with Gasteiger partial charge in [-0.15, -0.1) is 0 Å². The number of aliphatic hydroxyl groups excluding tert-OH is 1. The van der Waals surface area contributed by atoms with E-state index in [0.717, 1.165) is 25.2 Å². The fourth-order valence-electron chi connectivity index (χ4n) is 2.62. The van der Waals surface area contributed by atoms with Gasteiger partial charge in [0.2, 0.25) is 11.8 Å². The zero-order valence-electron chi connectivity index (χ0n) is 13.3. The lowest BCUT2D eigenvalue weighted by Gasteiger charge is -2.23. The highest BCUT2D eigenvalue weighted by Crippen LogP contribution is 2.34. The van der Waals surface area contributed by atoms with Crippen molar-refractivity contribution in [2.75, 3.05) is 24.7 Å². The summed E-state index contributed by atoms with van der Waals surface area (Å²) < 4.78 is 10.7. The van der Waals surface area contributed by atoms with E-state index in [9.17, 15) is 0 Å². The summed E-state index contributed by atoms with van der Waals surface area (Å²) in [4.78, 5) is 15.2. The number of ether oxygens (including phenoxy) is 1. The molecule has 3 rings (SSSR count). The van der Waals surface area contributed by atoms with Gasteiger partial charge in [0.25, 0.3) is 0 Å². The van der Waals surface area contributed by atoms with Gasteiger partial charge in [0.05, 0.1) is 25.0 Å². The number of hydrogen-bond acceptors (Lipinski definition) is 8. The number of anilines is 1. The van der Waals surface area contributed by atoms with Crippen LogP contribution in [0, 0.1) is 0 Å². The van der Waals surface area contributed by atoms with Crippen LogP contribution in [0.1, 0.15) is 50.4 Å². The summed E-state index contributed by atoms with van der Waals surface area (Å²) in [6.45, 7) is 5.05. The van der Waals surface area contributed by atoms with Crippen LogP contribution < -0.4 is 9.64 Å². The Labute approximate surface area is 134 Å². The third-order valence-corrected chi connectivity index (χ3v) is 3.74. The molecule has 0 bridgehead atoms. The summed E-state index contributed by atoms with van der Waals surface area (Å²) in [5, 5.41) is 13.0. The molecule has 0 amide bonds. The summed E-state index contributed by atoms with van der Waals surface area (Å²) in [5.74, 6) is 2.67. The van der Waals surface area contributed by atoms with Gasteiger partial charge in [-0.05, 0) is 12.8 Å². The molecule has 3 heterocycles. The standard InChI is InChI=1S/C15H21N5O3/c1-10(2)15-18-14(19-23-15)11-4-3-5-20(11)12-8-16-9-13(17-12)22-7-6-21/h8-11,21H,3-7H2,1-2H3. The van der Waals surface area contributed by atoms with Crippen molar-refractivity contribution in [2.24, 2.45) is 0 Å². The minimum Gasteiger partial charge on any atom is -0.474 e. The predicted octanol–water partition coefficient (Wildman–Crippen LogP) is 1.70. The molecule has 1 fully saturated rings. The average molecular weight is 319 g/mol. The fraction of sp³-hybridized carbons (Fsp3) is 0.600. The molecule has 1 aliphatic rings. The van der Waals surface area contributed by atoms with Crippen LogP contribution in [-0.2, 0) is 0 Å². The zero-order chi connectivity index (χ0) is 16.2. The molecule has 1 saturated heterocycles. The summed E-state index contributed by atoms with van der Waals surface area (Å²) in [5.41, 5.74) is 0. The van der Waals surface area contributed by atoms with Gasteiger partial charge in [0, 0.05) is 12.5 Å². The molecule has 124 valence electrons. The molecule has 1 atom stereocenters. The molecule has 0 aromatic carbocycles. The van der Waals surface area contributed by atoms with Crippen molar-refractivity contribution in [3.8, 4) is 5.88 Å². The SMILES string of the molecule is CC(C)c1nc(C2CCCN2c2cncc(OCCO)n2)no1. The van der Waals surface area contributed by atoms with Crippen molar-refractivity contribution >= 4 is 5.82 Å². The second-order valence-corrected chi connectivity index (χ2v) is 5.78. The molecule has 23 heavy (non-hydrogen) atoms. The molecule has 0 radical (unpaired) electrons. The van der Waals surface area contributed by atoms with Crippen LogP contribution in [-0.4, -0.2) is 45.0 Å². The van der Waals surface area contributed by atoms with Crippen molar-refractivity contribution in [1.82, 2.24) is 20.1 Å². The Morgan fingerprint density at radius 3 is 3.00 bits per heavy atom. The molecule has 2 aromatic heterocycles. The number of aliphatic hydroxyl groups is 1. The van der Waals surface area contributed by atoms with E-state index in [1.54, 1.807) is 6.20 Å². The average Bonchev–Trinajstić information content (AvgIpc) is 3.21. The molecule has 0 aliphatic carbocycles. The number of nitrogens with zero attached hydrogens (tertiary/aromatic N) is 5. The third kappa shape index (κ3) is 3.42. The highest BCUT2D eigenvalue weighted by Gasteiger charge is 2.31. The quantitative estimate of drug-likeness (QED) is 0.859. The van der Waals surface area contributed by atoms with Gasteiger partial charge < -0.3 is 19.3 Å². The van der Waals surface area contributed by atoms with E-state index in [-0.39, 0.29) is 25.2 Å². The molecule has 1 unspecified atom stereocenters. The van der Waals surface area contributed by atoms with Crippen molar-refractivity contribution in [1.29, 1.82) is 0 Å². The van der Waals surface area contributed by atoms with E-state index in [0.29, 0.717) is 17.6 Å². The summed E-state index contributed by atoms with van der Waals surface area (Å²) in [6.07, 6.45) is 5.21. The first-order valence-corrected chi connectivity index (χ1v) is 7.85. The van der Waals surface area contributed by atoms with Gasteiger partial charge in [-0.2, -0.15) is 9.97 Å². The predicted molar refractivity (Wildman–Crippen MR) is 82.3 cm³/mol. The van der Waals surface area contributed by atoms with Gasteiger partial charge in [-0.3, -0.25) is 4.98 Å². The first-order chi connectivity index (χ1) is 11.2. The van der Waals surface area contributed by atoms with E-state index < -0.39 is 0 Å². The van der Waals surface area contributed by atoms with E-state index in [1.165, 1.54) is 6.20 Å². The Kier molecular flexibility index (Phi) is 4.71. The maximum Gasteiger partial charge on any atom is 0.234 e. The highest BCUT2D eigenvalue weighted by molar-refractivity contribution is 5.41. The lowest BCUT2D eigenvalue weighted by molar-refractivity contribution is 0.196. The lowest BCUT2D eigenvalue weighted by atomic mass is 10.2. The van der Waals surface area contributed by atoms with Crippen LogP contribution in [0.3, 0.4) is 0 Å². The smallest absolute Gasteiger partial charge is 0.234 e. The Morgan fingerprint density at radius 2 is 2.26 bits per heavy atom. The monoisotopic (exact) mass is 319 g/mol. The number of aromatic nitrogens is 4. The minimum atomic E-state index is -0.0565. The van der Waals surface area contributed by atoms with Gasteiger partial charge in [0.15, 0.2) is 11.6 Å². The molecular formula is C15H21N5O3. The van der Waals surface area contributed by atoms with Crippen molar-refractivity contribution < 1.29 is 14.4 Å². The van der Waals surface area contributed by atoms with Gasteiger partial charge in [0.1, 0.15) is 6.61 Å². The summed E-state index contributed by atoms with van der Waals surface area (Å²) in [7, 11) is 0. The van der Waals surface area contributed by atoms with Crippen LogP contribution in [0.2, 0.25) is 0 Å². The lowest BCUT2D eigenvalue weighted by Crippen LogP contribution is -2.24. The number of hydrogen-bond donors (Lipinski definition) is 1. The molecule has 8 heteroatoms. The van der Waals surface area contributed by atoms with Crippen LogP contribution in [0.25, 0.3) is 0 Å². The van der Waals surface area contributed by atoms with Crippen LogP contribution in [0.5, 0.6) is 5.88 Å². The first kappa shape index (κ1) is 15.7. The maximum absolute atomic E-state index is 8.84. The molecule has 2 aromatic rings. The molecule has 0 spiro atoms. The van der Waals surface area contributed by atoms with Gasteiger partial charge in [-0.1, -0.05) is 19.0 Å². The van der Waals surface area contributed by atoms with E-state index in [1.807, 2.05) is 13.8 Å². The largest absolute Gasteiger partial charge is 0.474 e. The second-order valence-electron chi connectivity index (χ2n) is 5.78. The maximum atomic E-state index is 8.84.